The van der Waals surface area contributed by atoms with Crippen molar-refractivity contribution >= 4 is 35.0 Å². The van der Waals surface area contributed by atoms with Gasteiger partial charge < -0.3 is 15.5 Å². The Morgan fingerprint density at radius 1 is 1.27 bits per heavy atom. The third-order valence-electron chi connectivity index (χ3n) is 5.02. The molecule has 156 valence electrons. The molecule has 4 rings (SSSR count). The number of aryl methyl sites for hydroxylation is 2. The summed E-state index contributed by atoms with van der Waals surface area (Å²) in [4.78, 5) is 13.2. The van der Waals surface area contributed by atoms with E-state index in [9.17, 15) is 4.79 Å². The Labute approximate surface area is 184 Å². The number of nitrogens with one attached hydrogen (secondary N) is 2. The van der Waals surface area contributed by atoms with Crippen molar-refractivity contribution < 1.29 is 9.53 Å². The third kappa shape index (κ3) is 3.97. The van der Waals surface area contributed by atoms with E-state index in [2.05, 4.69) is 27.9 Å². The first-order valence-electron chi connectivity index (χ1n) is 9.58. The molecule has 2 heterocycles. The maximum absolute atomic E-state index is 13.2. The molecule has 0 fully saturated rings. The number of thioether (sulfide) groups is 1. The SMILES string of the molecule is CCc1ccc(NC(=O)[C@H]2Sc3nnc(C)n3N[C@H]2c2ccc(OC)c(Cl)c2)cc1. The van der Waals surface area contributed by atoms with E-state index in [1.165, 1.54) is 17.3 Å². The van der Waals surface area contributed by atoms with Crippen LogP contribution in [0.4, 0.5) is 5.69 Å². The maximum Gasteiger partial charge on any atom is 0.240 e. The van der Waals surface area contributed by atoms with Crippen LogP contribution in [0, 0.1) is 6.92 Å². The summed E-state index contributed by atoms with van der Waals surface area (Å²) in [6, 6.07) is 13.1. The monoisotopic (exact) mass is 443 g/mol. The molecule has 0 radical (unpaired) electrons. The fraction of sp³-hybridized carbons (Fsp3) is 0.286. The van der Waals surface area contributed by atoms with E-state index in [-0.39, 0.29) is 11.9 Å². The molecule has 2 aromatic carbocycles. The van der Waals surface area contributed by atoms with Gasteiger partial charge in [-0.3, -0.25) is 4.79 Å². The number of rotatable bonds is 5. The summed E-state index contributed by atoms with van der Waals surface area (Å²) in [5, 5.41) is 12.0. The van der Waals surface area contributed by atoms with E-state index in [1.807, 2.05) is 43.3 Å². The topological polar surface area (TPSA) is 81.1 Å². The zero-order valence-corrected chi connectivity index (χ0v) is 18.4. The molecule has 1 aromatic heterocycles. The number of nitrogens with zero attached hydrogens (tertiary/aromatic N) is 3. The Bertz CT molecular complexity index is 1070. The molecule has 1 amide bonds. The minimum Gasteiger partial charge on any atom is -0.495 e. The minimum absolute atomic E-state index is 0.124. The predicted octanol–water partition coefficient (Wildman–Crippen LogP) is 4.21. The molecule has 3 aromatic rings. The van der Waals surface area contributed by atoms with Gasteiger partial charge in [0.25, 0.3) is 0 Å². The number of carbonyl (C=O) groups is 1. The lowest BCUT2D eigenvalue weighted by atomic mass is 10.0. The van der Waals surface area contributed by atoms with Gasteiger partial charge in [-0.1, -0.05) is 48.5 Å². The molecule has 9 heteroatoms. The molecular formula is C21H22ClN5O2S. The summed E-state index contributed by atoms with van der Waals surface area (Å²) >= 11 is 7.73. The second-order valence-electron chi connectivity index (χ2n) is 6.94. The van der Waals surface area contributed by atoms with Crippen LogP contribution in [-0.4, -0.2) is 33.1 Å². The van der Waals surface area contributed by atoms with Crippen molar-refractivity contribution in [1.29, 1.82) is 0 Å². The van der Waals surface area contributed by atoms with Gasteiger partial charge in [0.15, 0.2) is 0 Å². The van der Waals surface area contributed by atoms with Crippen LogP contribution < -0.4 is 15.5 Å². The van der Waals surface area contributed by atoms with Crippen LogP contribution in [0.5, 0.6) is 5.75 Å². The molecule has 7 nitrogen and oxygen atoms in total. The first-order chi connectivity index (χ1) is 14.5. The number of hydrogen-bond donors (Lipinski definition) is 2. The van der Waals surface area contributed by atoms with Crippen molar-refractivity contribution in [3.63, 3.8) is 0 Å². The molecule has 0 spiro atoms. The molecular weight excluding hydrogens is 422 g/mol. The van der Waals surface area contributed by atoms with Crippen LogP contribution in [0.15, 0.2) is 47.6 Å². The van der Waals surface area contributed by atoms with Gasteiger partial charge in [-0.25, -0.2) is 4.68 Å². The molecule has 0 saturated heterocycles. The zero-order valence-electron chi connectivity index (χ0n) is 16.8. The molecule has 0 aliphatic carbocycles. The number of methoxy groups -OCH3 is 1. The Morgan fingerprint density at radius 3 is 2.70 bits per heavy atom. The van der Waals surface area contributed by atoms with Crippen LogP contribution in [-0.2, 0) is 11.2 Å². The number of aromatic nitrogens is 3. The number of fused-ring (bicyclic) bond motifs is 1. The van der Waals surface area contributed by atoms with Gasteiger partial charge >= 0.3 is 0 Å². The van der Waals surface area contributed by atoms with Crippen LogP contribution in [0.25, 0.3) is 0 Å². The summed E-state index contributed by atoms with van der Waals surface area (Å²) in [6.45, 7) is 3.96. The zero-order chi connectivity index (χ0) is 21.3. The molecule has 2 atom stereocenters. The fourth-order valence-electron chi connectivity index (χ4n) is 3.32. The van der Waals surface area contributed by atoms with Crippen molar-refractivity contribution in [2.45, 2.75) is 36.7 Å². The first kappa shape index (κ1) is 20.6. The summed E-state index contributed by atoms with van der Waals surface area (Å²) in [5.74, 6) is 1.18. The highest BCUT2D eigenvalue weighted by atomic mass is 35.5. The summed E-state index contributed by atoms with van der Waals surface area (Å²) in [5.41, 5.74) is 6.22. The van der Waals surface area contributed by atoms with Gasteiger partial charge in [-0.2, -0.15) is 0 Å². The van der Waals surface area contributed by atoms with Crippen molar-refractivity contribution in [2.75, 3.05) is 17.9 Å². The summed E-state index contributed by atoms with van der Waals surface area (Å²) in [6.07, 6.45) is 0.950. The first-order valence-corrected chi connectivity index (χ1v) is 10.8. The van der Waals surface area contributed by atoms with E-state index >= 15 is 0 Å². The smallest absolute Gasteiger partial charge is 0.240 e. The Hall–Kier alpha value is -2.71. The summed E-state index contributed by atoms with van der Waals surface area (Å²) in [7, 11) is 1.57. The maximum atomic E-state index is 13.2. The quantitative estimate of drug-likeness (QED) is 0.614. The Morgan fingerprint density at radius 2 is 2.03 bits per heavy atom. The average molecular weight is 444 g/mol. The predicted molar refractivity (Wildman–Crippen MR) is 119 cm³/mol. The van der Waals surface area contributed by atoms with Crippen molar-refractivity contribution in [3.8, 4) is 5.75 Å². The van der Waals surface area contributed by atoms with E-state index in [4.69, 9.17) is 16.3 Å². The minimum atomic E-state index is -0.476. The fourth-order valence-corrected chi connectivity index (χ4v) is 4.72. The number of ether oxygens (including phenoxy) is 1. The second kappa shape index (κ2) is 8.57. The lowest BCUT2D eigenvalue weighted by Crippen LogP contribution is -2.41. The number of amides is 1. The molecule has 0 unspecified atom stereocenters. The molecule has 2 N–H and O–H groups in total. The number of halogens is 1. The van der Waals surface area contributed by atoms with E-state index in [0.717, 1.165) is 23.5 Å². The number of hydrogen-bond acceptors (Lipinski definition) is 6. The van der Waals surface area contributed by atoms with E-state index < -0.39 is 5.25 Å². The largest absolute Gasteiger partial charge is 0.495 e. The van der Waals surface area contributed by atoms with Crippen molar-refractivity contribution in [2.24, 2.45) is 0 Å². The molecule has 1 aliphatic heterocycles. The van der Waals surface area contributed by atoms with E-state index in [0.29, 0.717) is 15.9 Å². The number of benzene rings is 2. The molecule has 1 aliphatic rings. The third-order valence-corrected chi connectivity index (χ3v) is 6.53. The normalized spacial score (nSPS) is 17.7. The van der Waals surface area contributed by atoms with Gasteiger partial charge in [0.2, 0.25) is 11.1 Å². The summed E-state index contributed by atoms with van der Waals surface area (Å²) < 4.78 is 7.06. The van der Waals surface area contributed by atoms with Gasteiger partial charge in [0.1, 0.15) is 16.8 Å². The molecule has 0 bridgehead atoms. The van der Waals surface area contributed by atoms with Crippen LogP contribution in [0.1, 0.15) is 29.9 Å². The average Bonchev–Trinajstić information content (AvgIpc) is 3.13. The lowest BCUT2D eigenvalue weighted by molar-refractivity contribution is -0.116. The highest BCUT2D eigenvalue weighted by Crippen LogP contribution is 2.39. The highest BCUT2D eigenvalue weighted by Gasteiger charge is 2.37. The number of anilines is 1. The standard InChI is InChI=1S/C21H22ClN5O2S/c1-4-13-5-8-15(9-6-13)23-20(28)19-18(14-7-10-17(29-3)16(22)11-14)26-27-12(2)24-25-21(27)30-19/h5-11,18-19,26H,4H2,1-3H3,(H,23,28)/t18-,19-/m0/s1. The molecule has 30 heavy (non-hydrogen) atoms. The van der Waals surface area contributed by atoms with Crippen LogP contribution >= 0.6 is 23.4 Å². The van der Waals surface area contributed by atoms with Crippen LogP contribution in [0.2, 0.25) is 5.02 Å². The molecule has 0 saturated carbocycles. The highest BCUT2D eigenvalue weighted by molar-refractivity contribution is 8.00. The van der Waals surface area contributed by atoms with Crippen LogP contribution in [0.3, 0.4) is 0 Å². The lowest BCUT2D eigenvalue weighted by Gasteiger charge is -2.33. The van der Waals surface area contributed by atoms with Crippen molar-refractivity contribution in [3.05, 3.63) is 64.4 Å². The van der Waals surface area contributed by atoms with Gasteiger partial charge in [0.05, 0.1) is 18.2 Å². The van der Waals surface area contributed by atoms with Crippen molar-refractivity contribution in [1.82, 2.24) is 14.9 Å². The van der Waals surface area contributed by atoms with E-state index in [1.54, 1.807) is 17.9 Å². The Kier molecular flexibility index (Phi) is 5.87. The van der Waals surface area contributed by atoms with Gasteiger partial charge in [0, 0.05) is 5.69 Å². The second-order valence-corrected chi connectivity index (χ2v) is 8.46. The van der Waals surface area contributed by atoms with Gasteiger partial charge in [-0.15, -0.1) is 10.2 Å². The Balaban J connectivity index is 1.65. The van der Waals surface area contributed by atoms with Gasteiger partial charge in [-0.05, 0) is 48.7 Å². The number of carbonyl (C=O) groups excluding carboxylic acids is 1.